The van der Waals surface area contributed by atoms with Crippen LogP contribution in [0.5, 0.6) is 17.2 Å². The molecule has 1 heterocycles. The van der Waals surface area contributed by atoms with Gasteiger partial charge in [0, 0.05) is 0 Å². The predicted molar refractivity (Wildman–Crippen MR) is 145 cm³/mol. The van der Waals surface area contributed by atoms with E-state index >= 15 is 0 Å². The number of rotatable bonds is 8. The van der Waals surface area contributed by atoms with Gasteiger partial charge < -0.3 is 14.2 Å². The van der Waals surface area contributed by atoms with Crippen LogP contribution in [-0.2, 0) is 4.79 Å². The molecule has 3 aromatic rings. The Kier molecular flexibility index (Phi) is 7.89. The van der Waals surface area contributed by atoms with Crippen molar-refractivity contribution in [2.24, 2.45) is 0 Å². The average Bonchev–Trinajstić information content (AvgIpc) is 3.11. The van der Waals surface area contributed by atoms with E-state index in [1.165, 1.54) is 11.8 Å². The maximum absolute atomic E-state index is 13.0. The first-order valence-corrected chi connectivity index (χ1v) is 12.4. The molecule has 33 heavy (non-hydrogen) atoms. The fourth-order valence-electron chi connectivity index (χ4n) is 3.20. The number of hydrogen-bond acceptors (Lipinski definition) is 6. The smallest absolute Gasteiger partial charge is 0.270 e. The van der Waals surface area contributed by atoms with E-state index < -0.39 is 0 Å². The van der Waals surface area contributed by atoms with Crippen LogP contribution in [0.4, 0.5) is 5.69 Å². The van der Waals surface area contributed by atoms with Crippen LogP contribution in [-0.4, -0.2) is 30.6 Å². The third kappa shape index (κ3) is 5.69. The summed E-state index contributed by atoms with van der Waals surface area (Å²) in [5, 5.41) is 0. The van der Waals surface area contributed by atoms with Crippen molar-refractivity contribution in [3.05, 3.63) is 86.8 Å². The quantitative estimate of drug-likeness (QED) is 0.136. The van der Waals surface area contributed by atoms with Crippen molar-refractivity contribution in [2.75, 3.05) is 25.2 Å². The molecule has 1 amide bonds. The monoisotopic (exact) mass is 589 g/mol. The fourth-order valence-corrected chi connectivity index (χ4v) is 5.28. The summed E-state index contributed by atoms with van der Waals surface area (Å²) in [6.07, 6.45) is 1.83. The van der Waals surface area contributed by atoms with Gasteiger partial charge in [-0.1, -0.05) is 60.4 Å². The zero-order chi connectivity index (χ0) is 23.2. The van der Waals surface area contributed by atoms with E-state index in [1.54, 1.807) is 12.0 Å². The van der Waals surface area contributed by atoms with E-state index in [4.69, 9.17) is 26.4 Å². The Hall–Kier alpha value is -2.56. The first-order valence-electron chi connectivity index (χ1n) is 10.1. The van der Waals surface area contributed by atoms with E-state index in [0.717, 1.165) is 20.6 Å². The number of halogens is 1. The highest BCUT2D eigenvalue weighted by Crippen LogP contribution is 2.38. The Morgan fingerprint density at radius 3 is 2.36 bits per heavy atom. The van der Waals surface area contributed by atoms with Gasteiger partial charge in [0.15, 0.2) is 15.8 Å². The van der Waals surface area contributed by atoms with Gasteiger partial charge in [0.05, 0.1) is 21.3 Å². The lowest BCUT2D eigenvalue weighted by Crippen LogP contribution is -2.27. The Morgan fingerprint density at radius 2 is 1.67 bits per heavy atom. The number of benzene rings is 3. The van der Waals surface area contributed by atoms with Crippen molar-refractivity contribution in [1.82, 2.24) is 0 Å². The first-order chi connectivity index (χ1) is 16.1. The molecule has 1 aliphatic rings. The zero-order valence-corrected chi connectivity index (χ0v) is 21.5. The number of anilines is 1. The topological polar surface area (TPSA) is 48.0 Å². The Morgan fingerprint density at radius 1 is 1.00 bits per heavy atom. The van der Waals surface area contributed by atoms with Gasteiger partial charge >= 0.3 is 0 Å². The SMILES string of the molecule is COc1cc(C=C2SC(=S)N(c3ccccc3)C2=O)cc(I)c1OCCOc1ccccc1. The van der Waals surface area contributed by atoms with E-state index in [0.29, 0.717) is 33.9 Å². The first kappa shape index (κ1) is 23.6. The van der Waals surface area contributed by atoms with E-state index in [1.807, 2.05) is 78.9 Å². The molecule has 5 nitrogen and oxygen atoms in total. The molecular weight excluding hydrogens is 569 g/mol. The molecule has 3 aromatic carbocycles. The molecule has 0 aliphatic carbocycles. The minimum absolute atomic E-state index is 0.136. The summed E-state index contributed by atoms with van der Waals surface area (Å²) in [7, 11) is 1.59. The lowest BCUT2D eigenvalue weighted by molar-refractivity contribution is -0.113. The number of thiocarbonyl (C=S) groups is 1. The van der Waals surface area contributed by atoms with Crippen molar-refractivity contribution in [3.8, 4) is 17.2 Å². The molecule has 0 spiro atoms. The maximum Gasteiger partial charge on any atom is 0.270 e. The summed E-state index contributed by atoms with van der Waals surface area (Å²) >= 11 is 8.94. The molecule has 0 atom stereocenters. The fraction of sp³-hybridized carbons (Fsp3) is 0.120. The second-order valence-electron chi connectivity index (χ2n) is 6.90. The van der Waals surface area contributed by atoms with Crippen molar-refractivity contribution in [1.29, 1.82) is 0 Å². The van der Waals surface area contributed by atoms with Crippen molar-refractivity contribution in [2.45, 2.75) is 0 Å². The van der Waals surface area contributed by atoms with E-state index in [2.05, 4.69) is 22.6 Å². The Bertz CT molecular complexity index is 1190. The molecular formula is C25H20INO4S2. The third-order valence-electron chi connectivity index (χ3n) is 4.70. The number of nitrogens with zero attached hydrogens (tertiary/aromatic N) is 1. The predicted octanol–water partition coefficient (Wildman–Crippen LogP) is 6.16. The number of thioether (sulfide) groups is 1. The summed E-state index contributed by atoms with van der Waals surface area (Å²) in [5.74, 6) is 1.89. The average molecular weight is 589 g/mol. The molecule has 0 N–H and O–H groups in total. The van der Waals surface area contributed by atoms with Gasteiger partial charge in [-0.15, -0.1) is 0 Å². The summed E-state index contributed by atoms with van der Waals surface area (Å²) in [6, 6.07) is 22.8. The highest BCUT2D eigenvalue weighted by atomic mass is 127. The van der Waals surface area contributed by atoms with Crippen LogP contribution in [0.2, 0.25) is 0 Å². The molecule has 8 heteroatoms. The molecule has 0 aromatic heterocycles. The van der Waals surface area contributed by atoms with Gasteiger partial charge in [0.25, 0.3) is 5.91 Å². The highest BCUT2D eigenvalue weighted by Gasteiger charge is 2.33. The third-order valence-corrected chi connectivity index (χ3v) is 6.80. The van der Waals surface area contributed by atoms with Gasteiger partial charge in [0.1, 0.15) is 19.0 Å². The molecule has 1 aliphatic heterocycles. The van der Waals surface area contributed by atoms with E-state index in [9.17, 15) is 4.79 Å². The van der Waals surface area contributed by atoms with Gasteiger partial charge in [-0.3, -0.25) is 9.69 Å². The van der Waals surface area contributed by atoms with Crippen molar-refractivity contribution < 1.29 is 19.0 Å². The maximum atomic E-state index is 13.0. The van der Waals surface area contributed by atoms with Crippen LogP contribution >= 0.6 is 46.6 Å². The van der Waals surface area contributed by atoms with Gasteiger partial charge in [-0.25, -0.2) is 0 Å². The summed E-state index contributed by atoms with van der Waals surface area (Å²) in [5.41, 5.74) is 1.59. The summed E-state index contributed by atoms with van der Waals surface area (Å²) < 4.78 is 18.6. The number of amides is 1. The molecule has 168 valence electrons. The zero-order valence-electron chi connectivity index (χ0n) is 17.7. The lowest BCUT2D eigenvalue weighted by atomic mass is 10.1. The van der Waals surface area contributed by atoms with Gasteiger partial charge in [-0.2, -0.15) is 0 Å². The van der Waals surface area contributed by atoms with Crippen LogP contribution in [0.3, 0.4) is 0 Å². The number of carbonyl (C=O) groups is 1. The molecule has 0 unspecified atom stereocenters. The number of para-hydroxylation sites is 2. The second kappa shape index (κ2) is 11.0. The minimum atomic E-state index is -0.136. The highest BCUT2D eigenvalue weighted by molar-refractivity contribution is 14.1. The molecule has 4 rings (SSSR count). The number of carbonyl (C=O) groups excluding carboxylic acids is 1. The molecule has 0 saturated carbocycles. The van der Waals surface area contributed by atoms with Crippen molar-refractivity contribution in [3.63, 3.8) is 0 Å². The summed E-state index contributed by atoms with van der Waals surface area (Å²) in [6.45, 7) is 0.781. The largest absolute Gasteiger partial charge is 0.493 e. The standard InChI is InChI=1S/C25H20INO4S2/c1-29-21-15-17(14-20(26)23(21)31-13-12-30-19-10-6-3-7-11-19)16-22-24(28)27(25(32)33-22)18-8-4-2-5-9-18/h2-11,14-16H,12-13H2,1H3. The number of methoxy groups -OCH3 is 1. The second-order valence-corrected chi connectivity index (χ2v) is 9.73. The van der Waals surface area contributed by atoms with Crippen LogP contribution < -0.4 is 19.1 Å². The normalized spacial score (nSPS) is 14.6. The van der Waals surface area contributed by atoms with Crippen LogP contribution in [0.15, 0.2) is 77.7 Å². The molecule has 1 saturated heterocycles. The lowest BCUT2D eigenvalue weighted by Gasteiger charge is -2.14. The van der Waals surface area contributed by atoms with Gasteiger partial charge in [-0.05, 0) is 70.6 Å². The van der Waals surface area contributed by atoms with Crippen LogP contribution in [0, 0.1) is 3.57 Å². The Balaban J connectivity index is 1.48. The molecule has 0 bridgehead atoms. The van der Waals surface area contributed by atoms with Gasteiger partial charge in [0.2, 0.25) is 0 Å². The minimum Gasteiger partial charge on any atom is -0.493 e. The van der Waals surface area contributed by atoms with Crippen LogP contribution in [0.1, 0.15) is 5.56 Å². The molecule has 0 radical (unpaired) electrons. The Labute approximate surface area is 215 Å². The van der Waals surface area contributed by atoms with E-state index in [-0.39, 0.29) is 5.91 Å². The number of hydrogen-bond donors (Lipinski definition) is 0. The van der Waals surface area contributed by atoms with Crippen molar-refractivity contribution >= 4 is 68.6 Å². The van der Waals surface area contributed by atoms with Crippen LogP contribution in [0.25, 0.3) is 6.08 Å². The molecule has 1 fully saturated rings. The number of ether oxygens (including phenoxy) is 3. The summed E-state index contributed by atoms with van der Waals surface area (Å²) in [4.78, 5) is 15.1.